The molecule has 1 N–H and O–H groups in total. The summed E-state index contributed by atoms with van der Waals surface area (Å²) in [5.74, 6) is 5.20. The van der Waals surface area contributed by atoms with Gasteiger partial charge in [-0.2, -0.15) is 11.8 Å². The lowest BCUT2D eigenvalue weighted by atomic mass is 10.0. The van der Waals surface area contributed by atoms with E-state index in [-0.39, 0.29) is 0 Å². The first-order valence-electron chi connectivity index (χ1n) is 8.01. The Bertz CT molecular complexity index is 612. The van der Waals surface area contributed by atoms with Crippen LogP contribution in [-0.4, -0.2) is 39.1 Å². The highest BCUT2D eigenvalue weighted by molar-refractivity contribution is 7.99. The number of pyridine rings is 1. The summed E-state index contributed by atoms with van der Waals surface area (Å²) in [6.07, 6.45) is 5.80. The van der Waals surface area contributed by atoms with Crippen LogP contribution in [0, 0.1) is 5.92 Å². The summed E-state index contributed by atoms with van der Waals surface area (Å²) in [5, 5.41) is 3.47. The second-order valence-corrected chi connectivity index (χ2v) is 7.35. The molecule has 0 aliphatic carbocycles. The Morgan fingerprint density at radius 2 is 2.38 bits per heavy atom. The summed E-state index contributed by atoms with van der Waals surface area (Å²) >= 11 is 2.10. The molecule has 4 nitrogen and oxygen atoms in total. The lowest BCUT2D eigenvalue weighted by Gasteiger charge is -2.23. The van der Waals surface area contributed by atoms with Crippen molar-refractivity contribution in [2.45, 2.75) is 31.7 Å². The lowest BCUT2D eigenvalue weighted by Crippen LogP contribution is -2.20. The molecule has 2 aliphatic rings. The van der Waals surface area contributed by atoms with Gasteiger partial charge in [0.25, 0.3) is 0 Å². The smallest absolute Gasteiger partial charge is 0.160 e. The minimum Gasteiger partial charge on any atom is -0.316 e. The number of hydrogen-bond acceptors (Lipinski definition) is 4. The third kappa shape index (κ3) is 2.69. The number of rotatable bonds is 3. The quantitative estimate of drug-likeness (QED) is 0.946. The molecule has 2 aromatic heterocycles. The molecule has 5 heteroatoms. The zero-order chi connectivity index (χ0) is 14.1. The van der Waals surface area contributed by atoms with Crippen LogP contribution < -0.4 is 5.32 Å². The summed E-state index contributed by atoms with van der Waals surface area (Å²) < 4.78 is 2.42. The maximum absolute atomic E-state index is 4.91. The maximum Gasteiger partial charge on any atom is 0.160 e. The minimum atomic E-state index is 0.551. The Kier molecular flexibility index (Phi) is 3.86. The molecule has 2 atom stereocenters. The van der Waals surface area contributed by atoms with Gasteiger partial charge >= 0.3 is 0 Å². The second kappa shape index (κ2) is 5.97. The number of nitrogens with zero attached hydrogens (tertiary/aromatic N) is 3. The molecule has 2 unspecified atom stereocenters. The Labute approximate surface area is 129 Å². The number of imidazole rings is 1. The summed E-state index contributed by atoms with van der Waals surface area (Å²) in [4.78, 5) is 9.53. The molecule has 0 aromatic carbocycles. The van der Waals surface area contributed by atoms with Gasteiger partial charge in [-0.3, -0.25) is 0 Å². The topological polar surface area (TPSA) is 42.7 Å². The van der Waals surface area contributed by atoms with Gasteiger partial charge in [0, 0.05) is 25.2 Å². The van der Waals surface area contributed by atoms with Crippen LogP contribution in [0.4, 0.5) is 0 Å². The van der Waals surface area contributed by atoms with Gasteiger partial charge in [-0.25, -0.2) is 9.97 Å². The first kappa shape index (κ1) is 13.6. The van der Waals surface area contributed by atoms with Gasteiger partial charge in [0.05, 0.1) is 0 Å². The van der Waals surface area contributed by atoms with E-state index in [4.69, 9.17) is 4.98 Å². The number of nitrogens with one attached hydrogen (secondary N) is 1. The average molecular weight is 302 g/mol. The van der Waals surface area contributed by atoms with Crippen LogP contribution in [-0.2, 0) is 6.54 Å². The van der Waals surface area contributed by atoms with E-state index in [1.807, 2.05) is 12.3 Å². The molecule has 0 amide bonds. The summed E-state index contributed by atoms with van der Waals surface area (Å²) in [5.41, 5.74) is 2.14. The Morgan fingerprint density at radius 3 is 3.19 bits per heavy atom. The van der Waals surface area contributed by atoms with Gasteiger partial charge in [0.15, 0.2) is 5.65 Å². The van der Waals surface area contributed by atoms with Crippen molar-refractivity contribution in [3.05, 3.63) is 24.2 Å². The lowest BCUT2D eigenvalue weighted by molar-refractivity contribution is 0.435. The molecule has 2 aromatic rings. The van der Waals surface area contributed by atoms with E-state index in [0.717, 1.165) is 36.7 Å². The largest absolute Gasteiger partial charge is 0.316 e. The van der Waals surface area contributed by atoms with Gasteiger partial charge in [-0.1, -0.05) is 0 Å². The number of thioether (sulfide) groups is 1. The predicted molar refractivity (Wildman–Crippen MR) is 87.8 cm³/mol. The van der Waals surface area contributed by atoms with Gasteiger partial charge in [-0.05, 0) is 55.4 Å². The molecule has 2 fully saturated rings. The molecule has 112 valence electrons. The third-order valence-electron chi connectivity index (χ3n) is 4.65. The SMILES string of the molecule is c1cnc2c(c1)nc(C1CCNC1)n2CC1CCCSC1. The van der Waals surface area contributed by atoms with Crippen molar-refractivity contribution in [1.29, 1.82) is 0 Å². The van der Waals surface area contributed by atoms with E-state index < -0.39 is 0 Å². The normalized spacial score (nSPS) is 26.5. The van der Waals surface area contributed by atoms with Gasteiger partial charge in [0.1, 0.15) is 11.3 Å². The van der Waals surface area contributed by atoms with Crippen molar-refractivity contribution in [3.8, 4) is 0 Å². The molecule has 0 bridgehead atoms. The Hall–Kier alpha value is -1.07. The Balaban J connectivity index is 1.70. The van der Waals surface area contributed by atoms with Gasteiger partial charge in [-0.15, -0.1) is 0 Å². The van der Waals surface area contributed by atoms with E-state index in [1.165, 1.54) is 36.6 Å². The standard InChI is InChI=1S/C16H22N4S/c1-4-14-16(18-6-1)20(10-12-3-2-8-21-11-12)15(19-14)13-5-7-17-9-13/h1,4,6,12-13,17H,2-3,5,7-11H2. The first-order chi connectivity index (χ1) is 10.4. The fraction of sp³-hybridized carbons (Fsp3) is 0.625. The summed E-state index contributed by atoms with van der Waals surface area (Å²) in [7, 11) is 0. The van der Waals surface area contributed by atoms with Gasteiger partial charge < -0.3 is 9.88 Å². The molecule has 4 heterocycles. The molecule has 0 saturated carbocycles. The van der Waals surface area contributed by atoms with Crippen LogP contribution in [0.3, 0.4) is 0 Å². The molecular weight excluding hydrogens is 280 g/mol. The van der Waals surface area contributed by atoms with Crippen LogP contribution in [0.1, 0.15) is 31.0 Å². The highest BCUT2D eigenvalue weighted by Gasteiger charge is 2.25. The highest BCUT2D eigenvalue weighted by atomic mass is 32.2. The van der Waals surface area contributed by atoms with Crippen molar-refractivity contribution in [2.75, 3.05) is 24.6 Å². The van der Waals surface area contributed by atoms with Gasteiger partial charge in [0.2, 0.25) is 0 Å². The Morgan fingerprint density at radius 1 is 1.38 bits per heavy atom. The van der Waals surface area contributed by atoms with Crippen molar-refractivity contribution in [3.63, 3.8) is 0 Å². The fourth-order valence-electron chi connectivity index (χ4n) is 3.55. The van der Waals surface area contributed by atoms with E-state index in [2.05, 4.69) is 32.7 Å². The zero-order valence-corrected chi connectivity index (χ0v) is 13.1. The van der Waals surface area contributed by atoms with Crippen LogP contribution >= 0.6 is 11.8 Å². The van der Waals surface area contributed by atoms with E-state index >= 15 is 0 Å². The van der Waals surface area contributed by atoms with E-state index in [0.29, 0.717) is 5.92 Å². The molecule has 0 spiro atoms. The molecular formula is C16H22N4S. The van der Waals surface area contributed by atoms with E-state index in [1.54, 1.807) is 0 Å². The monoisotopic (exact) mass is 302 g/mol. The third-order valence-corrected chi connectivity index (χ3v) is 5.94. The zero-order valence-electron chi connectivity index (χ0n) is 12.3. The number of fused-ring (bicyclic) bond motifs is 1. The minimum absolute atomic E-state index is 0.551. The first-order valence-corrected chi connectivity index (χ1v) is 9.17. The maximum atomic E-state index is 4.91. The van der Waals surface area contributed by atoms with Crippen molar-refractivity contribution in [2.24, 2.45) is 5.92 Å². The highest BCUT2D eigenvalue weighted by Crippen LogP contribution is 2.29. The summed E-state index contributed by atoms with van der Waals surface area (Å²) in [6, 6.07) is 4.09. The van der Waals surface area contributed by atoms with Crippen molar-refractivity contribution < 1.29 is 0 Å². The van der Waals surface area contributed by atoms with Crippen LogP contribution in [0.5, 0.6) is 0 Å². The van der Waals surface area contributed by atoms with Crippen molar-refractivity contribution in [1.82, 2.24) is 19.9 Å². The van der Waals surface area contributed by atoms with Crippen molar-refractivity contribution >= 4 is 22.9 Å². The molecule has 0 radical (unpaired) electrons. The molecule has 21 heavy (non-hydrogen) atoms. The predicted octanol–water partition coefficient (Wildman–Crippen LogP) is 2.65. The fourth-order valence-corrected chi connectivity index (χ4v) is 4.70. The number of aromatic nitrogens is 3. The van der Waals surface area contributed by atoms with E-state index in [9.17, 15) is 0 Å². The van der Waals surface area contributed by atoms with Crippen LogP contribution in [0.25, 0.3) is 11.2 Å². The average Bonchev–Trinajstić information content (AvgIpc) is 3.16. The molecule has 2 saturated heterocycles. The van der Waals surface area contributed by atoms with Crippen LogP contribution in [0.2, 0.25) is 0 Å². The molecule has 2 aliphatic heterocycles. The molecule has 4 rings (SSSR count). The second-order valence-electron chi connectivity index (χ2n) is 6.20. The number of hydrogen-bond donors (Lipinski definition) is 1. The van der Waals surface area contributed by atoms with Crippen LogP contribution in [0.15, 0.2) is 18.3 Å². The summed E-state index contributed by atoms with van der Waals surface area (Å²) in [6.45, 7) is 3.26.